The number of carbonyl (C=O) groups excluding carboxylic acids is 1. The van der Waals surface area contributed by atoms with E-state index in [1.54, 1.807) is 0 Å². The first kappa shape index (κ1) is 10.9. The molecule has 0 bridgehead atoms. The molecule has 0 aromatic rings. The van der Waals surface area contributed by atoms with Gasteiger partial charge in [-0.1, -0.05) is 6.92 Å². The van der Waals surface area contributed by atoms with E-state index < -0.39 is 0 Å². The van der Waals surface area contributed by atoms with Crippen LogP contribution in [-0.2, 0) is 4.79 Å². The van der Waals surface area contributed by atoms with Crippen molar-refractivity contribution < 1.29 is 4.79 Å². The van der Waals surface area contributed by atoms with Crippen LogP contribution in [0.3, 0.4) is 0 Å². The van der Waals surface area contributed by atoms with Crippen molar-refractivity contribution in [2.75, 3.05) is 13.1 Å². The van der Waals surface area contributed by atoms with E-state index in [4.69, 9.17) is 12.2 Å². The molecule has 1 saturated heterocycles. The summed E-state index contributed by atoms with van der Waals surface area (Å²) < 4.78 is 0. The molecule has 0 spiro atoms. The Bertz CT molecular complexity index is 276. The summed E-state index contributed by atoms with van der Waals surface area (Å²) in [7, 11) is 0. The molecular weight excluding hydrogens is 208 g/mol. The zero-order chi connectivity index (χ0) is 10.8. The second-order valence-electron chi connectivity index (χ2n) is 4.76. The van der Waals surface area contributed by atoms with Crippen molar-refractivity contribution in [2.24, 2.45) is 11.8 Å². The summed E-state index contributed by atoms with van der Waals surface area (Å²) in [5.74, 6) is 1.05. The van der Waals surface area contributed by atoms with Gasteiger partial charge in [0.2, 0.25) is 5.91 Å². The monoisotopic (exact) mass is 226 g/mol. The Kier molecular flexibility index (Phi) is 3.24. The van der Waals surface area contributed by atoms with Crippen molar-refractivity contribution in [3.63, 3.8) is 0 Å². The minimum Gasteiger partial charge on any atom is -0.349 e. The standard InChI is InChI=1S/C11H18N2OS/c1-8-3-2-6-13(7-8)11(15)12-10(14)9-4-5-9/h8-9H,2-7H2,1H3,(H,12,14,15)/t8-/m1/s1. The van der Waals surface area contributed by atoms with E-state index in [0.29, 0.717) is 11.0 Å². The van der Waals surface area contributed by atoms with Gasteiger partial charge in [-0.05, 0) is 43.8 Å². The SMILES string of the molecule is C[C@@H]1CCCN(C(=S)NC(=O)C2CC2)C1. The van der Waals surface area contributed by atoms with Gasteiger partial charge in [0, 0.05) is 19.0 Å². The topological polar surface area (TPSA) is 32.3 Å². The Morgan fingerprint density at radius 2 is 2.13 bits per heavy atom. The number of carbonyl (C=O) groups is 1. The van der Waals surface area contributed by atoms with E-state index in [1.807, 2.05) is 0 Å². The van der Waals surface area contributed by atoms with Gasteiger partial charge in [0.25, 0.3) is 0 Å². The molecule has 84 valence electrons. The van der Waals surface area contributed by atoms with Gasteiger partial charge in [-0.3, -0.25) is 4.79 Å². The van der Waals surface area contributed by atoms with Gasteiger partial charge in [-0.25, -0.2) is 0 Å². The van der Waals surface area contributed by atoms with E-state index in [9.17, 15) is 4.79 Å². The molecule has 1 saturated carbocycles. The molecule has 0 aromatic heterocycles. The number of rotatable bonds is 1. The lowest BCUT2D eigenvalue weighted by atomic mass is 10.0. The fraction of sp³-hybridized carbons (Fsp3) is 0.818. The predicted octanol–water partition coefficient (Wildman–Crippen LogP) is 1.53. The quantitative estimate of drug-likeness (QED) is 0.688. The van der Waals surface area contributed by atoms with Gasteiger partial charge in [-0.2, -0.15) is 0 Å². The maximum absolute atomic E-state index is 11.5. The number of nitrogens with one attached hydrogen (secondary N) is 1. The molecule has 1 aliphatic carbocycles. The van der Waals surface area contributed by atoms with E-state index in [2.05, 4.69) is 17.1 Å². The van der Waals surface area contributed by atoms with Gasteiger partial charge in [0.15, 0.2) is 5.11 Å². The molecule has 1 N–H and O–H groups in total. The van der Waals surface area contributed by atoms with Crippen LogP contribution in [0.2, 0.25) is 0 Å². The Hall–Kier alpha value is -0.640. The minimum atomic E-state index is 0.123. The first-order valence-corrected chi connectivity index (χ1v) is 6.17. The molecule has 2 rings (SSSR count). The summed E-state index contributed by atoms with van der Waals surface area (Å²) in [6.45, 7) is 4.22. The van der Waals surface area contributed by atoms with Crippen LogP contribution in [0.15, 0.2) is 0 Å². The molecule has 0 radical (unpaired) electrons. The van der Waals surface area contributed by atoms with Crippen LogP contribution in [0.1, 0.15) is 32.6 Å². The number of piperidine rings is 1. The number of likely N-dealkylation sites (tertiary alicyclic amines) is 1. The molecular formula is C11H18N2OS. The van der Waals surface area contributed by atoms with Crippen LogP contribution in [0.5, 0.6) is 0 Å². The fourth-order valence-corrected chi connectivity index (χ4v) is 2.27. The second-order valence-corrected chi connectivity index (χ2v) is 5.15. The zero-order valence-electron chi connectivity index (χ0n) is 9.16. The third-order valence-corrected chi connectivity index (χ3v) is 3.48. The molecule has 1 aliphatic heterocycles. The van der Waals surface area contributed by atoms with Crippen molar-refractivity contribution in [3.05, 3.63) is 0 Å². The largest absolute Gasteiger partial charge is 0.349 e. The third kappa shape index (κ3) is 2.91. The van der Waals surface area contributed by atoms with Gasteiger partial charge in [-0.15, -0.1) is 0 Å². The number of hydrogen-bond donors (Lipinski definition) is 1. The summed E-state index contributed by atoms with van der Waals surface area (Å²) >= 11 is 5.24. The van der Waals surface area contributed by atoms with E-state index in [0.717, 1.165) is 25.9 Å². The van der Waals surface area contributed by atoms with Crippen molar-refractivity contribution in [3.8, 4) is 0 Å². The molecule has 0 unspecified atom stereocenters. The Morgan fingerprint density at radius 1 is 1.40 bits per heavy atom. The Balaban J connectivity index is 1.81. The van der Waals surface area contributed by atoms with E-state index >= 15 is 0 Å². The summed E-state index contributed by atoms with van der Waals surface area (Å²) in [5, 5.41) is 3.49. The summed E-state index contributed by atoms with van der Waals surface area (Å²) in [6, 6.07) is 0. The highest BCUT2D eigenvalue weighted by molar-refractivity contribution is 7.80. The van der Waals surface area contributed by atoms with Gasteiger partial charge in [0.1, 0.15) is 0 Å². The first-order chi connectivity index (χ1) is 7.16. The lowest BCUT2D eigenvalue weighted by Crippen LogP contribution is -2.47. The van der Waals surface area contributed by atoms with Crippen LogP contribution in [0.25, 0.3) is 0 Å². The van der Waals surface area contributed by atoms with Crippen LogP contribution < -0.4 is 5.32 Å². The highest BCUT2D eigenvalue weighted by Gasteiger charge is 2.31. The normalized spacial score (nSPS) is 26.2. The van der Waals surface area contributed by atoms with Gasteiger partial charge in [0.05, 0.1) is 0 Å². The maximum Gasteiger partial charge on any atom is 0.229 e. The van der Waals surface area contributed by atoms with Crippen LogP contribution in [-0.4, -0.2) is 29.0 Å². The summed E-state index contributed by atoms with van der Waals surface area (Å²) in [5.41, 5.74) is 0. The van der Waals surface area contributed by atoms with Gasteiger partial charge >= 0.3 is 0 Å². The number of amides is 1. The highest BCUT2D eigenvalue weighted by atomic mass is 32.1. The Labute approximate surface area is 96.2 Å². The Morgan fingerprint density at radius 3 is 2.73 bits per heavy atom. The van der Waals surface area contributed by atoms with Crippen LogP contribution in [0, 0.1) is 11.8 Å². The summed E-state index contributed by atoms with van der Waals surface area (Å²) in [4.78, 5) is 13.6. The smallest absolute Gasteiger partial charge is 0.229 e. The number of hydrogen-bond acceptors (Lipinski definition) is 2. The predicted molar refractivity (Wildman–Crippen MR) is 63.4 cm³/mol. The molecule has 15 heavy (non-hydrogen) atoms. The summed E-state index contributed by atoms with van der Waals surface area (Å²) in [6.07, 6.45) is 4.52. The lowest BCUT2D eigenvalue weighted by molar-refractivity contribution is -0.121. The highest BCUT2D eigenvalue weighted by Crippen LogP contribution is 2.28. The van der Waals surface area contributed by atoms with E-state index in [1.165, 1.54) is 12.8 Å². The van der Waals surface area contributed by atoms with Crippen molar-refractivity contribution in [1.29, 1.82) is 0 Å². The fourth-order valence-electron chi connectivity index (χ4n) is 2.01. The number of nitrogens with zero attached hydrogens (tertiary/aromatic N) is 1. The average Bonchev–Trinajstić information content (AvgIpc) is 3.00. The van der Waals surface area contributed by atoms with Crippen LogP contribution >= 0.6 is 12.2 Å². The second kappa shape index (κ2) is 4.47. The van der Waals surface area contributed by atoms with Crippen LogP contribution in [0.4, 0.5) is 0 Å². The molecule has 1 atom stereocenters. The zero-order valence-corrected chi connectivity index (χ0v) is 9.98. The minimum absolute atomic E-state index is 0.123. The molecule has 2 fully saturated rings. The molecule has 0 aromatic carbocycles. The van der Waals surface area contributed by atoms with E-state index in [-0.39, 0.29) is 11.8 Å². The van der Waals surface area contributed by atoms with Crippen molar-refractivity contribution in [2.45, 2.75) is 32.6 Å². The lowest BCUT2D eigenvalue weighted by Gasteiger charge is -2.32. The molecule has 1 amide bonds. The van der Waals surface area contributed by atoms with Gasteiger partial charge < -0.3 is 10.2 Å². The maximum atomic E-state index is 11.5. The molecule has 4 heteroatoms. The number of thiocarbonyl (C=S) groups is 1. The third-order valence-electron chi connectivity index (χ3n) is 3.12. The molecule has 3 nitrogen and oxygen atoms in total. The molecule has 1 heterocycles. The average molecular weight is 226 g/mol. The van der Waals surface area contributed by atoms with Crippen molar-refractivity contribution in [1.82, 2.24) is 10.2 Å². The van der Waals surface area contributed by atoms with Crippen molar-refractivity contribution >= 4 is 23.2 Å². The first-order valence-electron chi connectivity index (χ1n) is 5.76. The molecule has 2 aliphatic rings.